The van der Waals surface area contributed by atoms with Crippen molar-refractivity contribution in [2.75, 3.05) is 18.4 Å². The number of anilines is 1. The van der Waals surface area contributed by atoms with E-state index in [0.717, 1.165) is 11.9 Å². The lowest BCUT2D eigenvalue weighted by atomic mass is 10.1. The fourth-order valence-electron chi connectivity index (χ4n) is 3.09. The number of amides is 1. The minimum absolute atomic E-state index is 0.00698. The van der Waals surface area contributed by atoms with Gasteiger partial charge in [-0.05, 0) is 30.5 Å². The summed E-state index contributed by atoms with van der Waals surface area (Å²) in [6.07, 6.45) is 2.98. The van der Waals surface area contributed by atoms with Crippen LogP contribution >= 0.6 is 0 Å². The highest BCUT2D eigenvalue weighted by atomic mass is 16.6. The van der Waals surface area contributed by atoms with Crippen molar-refractivity contribution in [1.82, 2.24) is 10.3 Å². The van der Waals surface area contributed by atoms with Gasteiger partial charge in [0.05, 0.1) is 4.92 Å². The predicted octanol–water partition coefficient (Wildman–Crippen LogP) is 3.55. The molecule has 1 aromatic heterocycles. The number of nitro groups is 1. The van der Waals surface area contributed by atoms with Gasteiger partial charge in [0.2, 0.25) is 5.91 Å². The number of fused-ring (bicyclic) bond motifs is 1. The molecular weight excluding hydrogens is 344 g/mol. The van der Waals surface area contributed by atoms with Crippen molar-refractivity contribution in [3.63, 3.8) is 0 Å². The van der Waals surface area contributed by atoms with E-state index in [-0.39, 0.29) is 18.0 Å². The number of para-hydroxylation sites is 3. The second kappa shape index (κ2) is 8.35. The number of benzene rings is 2. The Balaban J connectivity index is 1.45. The van der Waals surface area contributed by atoms with E-state index in [1.165, 1.54) is 22.6 Å². The van der Waals surface area contributed by atoms with Crippen LogP contribution in [0.15, 0.2) is 48.7 Å². The standard InChI is InChI=1S/C20H22N4O3/c1-14-5-4-6-16-15(13-23-20(14)16)9-11-22-19(25)10-12-21-17-7-2-3-8-18(17)24(26)27/h2-8,13,21,23H,9-12H2,1H3,(H,22,25). The second-order valence-electron chi connectivity index (χ2n) is 6.36. The van der Waals surface area contributed by atoms with Gasteiger partial charge in [0, 0.05) is 42.7 Å². The van der Waals surface area contributed by atoms with Gasteiger partial charge in [-0.2, -0.15) is 0 Å². The van der Waals surface area contributed by atoms with E-state index < -0.39 is 4.92 Å². The lowest BCUT2D eigenvalue weighted by Gasteiger charge is -2.08. The lowest BCUT2D eigenvalue weighted by molar-refractivity contribution is -0.384. The number of hydrogen-bond donors (Lipinski definition) is 3. The minimum Gasteiger partial charge on any atom is -0.379 e. The quantitative estimate of drug-likeness (QED) is 0.419. The number of hydrogen-bond acceptors (Lipinski definition) is 4. The highest BCUT2D eigenvalue weighted by molar-refractivity contribution is 5.86. The third kappa shape index (κ3) is 4.44. The van der Waals surface area contributed by atoms with Crippen molar-refractivity contribution in [1.29, 1.82) is 0 Å². The van der Waals surface area contributed by atoms with Gasteiger partial charge in [0.25, 0.3) is 5.69 Å². The van der Waals surface area contributed by atoms with Crippen LogP contribution in [0.1, 0.15) is 17.5 Å². The summed E-state index contributed by atoms with van der Waals surface area (Å²) in [5.74, 6) is -0.0860. The molecule has 0 atom stereocenters. The van der Waals surface area contributed by atoms with Gasteiger partial charge in [0.15, 0.2) is 0 Å². The number of H-pyrrole nitrogens is 1. The van der Waals surface area contributed by atoms with E-state index in [1.54, 1.807) is 18.2 Å². The van der Waals surface area contributed by atoms with Crippen LogP contribution in [0.25, 0.3) is 10.9 Å². The monoisotopic (exact) mass is 366 g/mol. The number of aromatic nitrogens is 1. The summed E-state index contributed by atoms with van der Waals surface area (Å²) in [7, 11) is 0. The van der Waals surface area contributed by atoms with Crippen LogP contribution in [0.4, 0.5) is 11.4 Å². The molecule has 1 amide bonds. The molecule has 0 unspecified atom stereocenters. The summed E-state index contributed by atoms with van der Waals surface area (Å²) in [5.41, 5.74) is 3.93. The minimum atomic E-state index is -0.439. The van der Waals surface area contributed by atoms with Gasteiger partial charge in [-0.25, -0.2) is 0 Å². The second-order valence-corrected chi connectivity index (χ2v) is 6.36. The van der Waals surface area contributed by atoms with Crippen molar-refractivity contribution in [2.24, 2.45) is 0 Å². The van der Waals surface area contributed by atoms with E-state index in [0.29, 0.717) is 18.8 Å². The average molecular weight is 366 g/mol. The van der Waals surface area contributed by atoms with Gasteiger partial charge in [-0.1, -0.05) is 30.3 Å². The fraction of sp³-hybridized carbons (Fsp3) is 0.250. The zero-order valence-electron chi connectivity index (χ0n) is 15.1. The summed E-state index contributed by atoms with van der Waals surface area (Å²) in [6, 6.07) is 12.6. The first-order valence-electron chi connectivity index (χ1n) is 8.86. The highest BCUT2D eigenvalue weighted by Crippen LogP contribution is 2.23. The molecule has 3 N–H and O–H groups in total. The number of carbonyl (C=O) groups excluding carboxylic acids is 1. The van der Waals surface area contributed by atoms with Gasteiger partial charge in [-0.3, -0.25) is 14.9 Å². The number of aryl methyl sites for hydroxylation is 1. The SMILES string of the molecule is Cc1cccc2c(CCNC(=O)CCNc3ccccc3[N+](=O)[O-])c[nH]c12. The van der Waals surface area contributed by atoms with E-state index in [1.807, 2.05) is 12.3 Å². The van der Waals surface area contributed by atoms with E-state index in [2.05, 4.69) is 34.7 Å². The Hall–Kier alpha value is -3.35. The molecule has 27 heavy (non-hydrogen) atoms. The van der Waals surface area contributed by atoms with E-state index in [9.17, 15) is 14.9 Å². The van der Waals surface area contributed by atoms with Gasteiger partial charge in [-0.15, -0.1) is 0 Å². The summed E-state index contributed by atoms with van der Waals surface area (Å²) >= 11 is 0. The average Bonchev–Trinajstić information content (AvgIpc) is 3.06. The summed E-state index contributed by atoms with van der Waals surface area (Å²) in [5, 5.41) is 18.0. The van der Waals surface area contributed by atoms with E-state index >= 15 is 0 Å². The van der Waals surface area contributed by atoms with Crippen molar-refractivity contribution in [2.45, 2.75) is 19.8 Å². The molecular formula is C20H22N4O3. The smallest absolute Gasteiger partial charge is 0.292 e. The Morgan fingerprint density at radius 3 is 2.78 bits per heavy atom. The zero-order chi connectivity index (χ0) is 19.2. The van der Waals surface area contributed by atoms with Crippen molar-refractivity contribution < 1.29 is 9.72 Å². The number of carbonyl (C=O) groups is 1. The molecule has 0 aliphatic heterocycles. The summed E-state index contributed by atoms with van der Waals surface area (Å²) < 4.78 is 0. The third-order valence-electron chi connectivity index (χ3n) is 4.49. The molecule has 0 bridgehead atoms. The Kier molecular flexibility index (Phi) is 5.71. The molecule has 0 saturated heterocycles. The Labute approximate surface area is 156 Å². The molecule has 7 heteroatoms. The highest BCUT2D eigenvalue weighted by Gasteiger charge is 2.12. The molecule has 1 heterocycles. The van der Waals surface area contributed by atoms with Crippen LogP contribution in [0.2, 0.25) is 0 Å². The molecule has 0 aliphatic rings. The molecule has 0 aliphatic carbocycles. The Morgan fingerprint density at radius 2 is 1.96 bits per heavy atom. The molecule has 7 nitrogen and oxygen atoms in total. The molecule has 0 spiro atoms. The zero-order valence-corrected chi connectivity index (χ0v) is 15.1. The van der Waals surface area contributed by atoms with Crippen LogP contribution in [0, 0.1) is 17.0 Å². The van der Waals surface area contributed by atoms with Gasteiger partial charge >= 0.3 is 0 Å². The first-order valence-corrected chi connectivity index (χ1v) is 8.86. The molecule has 3 aromatic rings. The topological polar surface area (TPSA) is 100 Å². The van der Waals surface area contributed by atoms with Crippen molar-refractivity contribution in [3.05, 3.63) is 69.9 Å². The number of rotatable bonds is 8. The maximum Gasteiger partial charge on any atom is 0.292 e. The largest absolute Gasteiger partial charge is 0.379 e. The maximum absolute atomic E-state index is 12.0. The predicted molar refractivity (Wildman–Crippen MR) is 106 cm³/mol. The molecule has 140 valence electrons. The van der Waals surface area contributed by atoms with Crippen LogP contribution < -0.4 is 10.6 Å². The van der Waals surface area contributed by atoms with Crippen LogP contribution in [0.5, 0.6) is 0 Å². The van der Waals surface area contributed by atoms with E-state index in [4.69, 9.17) is 0 Å². The molecule has 2 aromatic carbocycles. The number of aromatic amines is 1. The number of nitro benzene ring substituents is 1. The summed E-state index contributed by atoms with van der Waals surface area (Å²) in [6.45, 7) is 2.95. The number of nitrogens with one attached hydrogen (secondary N) is 3. The molecule has 0 fully saturated rings. The van der Waals surface area contributed by atoms with Crippen molar-refractivity contribution >= 4 is 28.2 Å². The van der Waals surface area contributed by atoms with Crippen LogP contribution in [0.3, 0.4) is 0 Å². The Morgan fingerprint density at radius 1 is 1.15 bits per heavy atom. The Bertz CT molecular complexity index is 965. The molecule has 3 rings (SSSR count). The van der Waals surface area contributed by atoms with Gasteiger partial charge < -0.3 is 15.6 Å². The molecule has 0 saturated carbocycles. The third-order valence-corrected chi connectivity index (χ3v) is 4.49. The molecule has 0 radical (unpaired) electrons. The first-order chi connectivity index (χ1) is 13.1. The van der Waals surface area contributed by atoms with Gasteiger partial charge in [0.1, 0.15) is 5.69 Å². The van der Waals surface area contributed by atoms with Crippen LogP contribution in [-0.2, 0) is 11.2 Å². The first kappa shape index (κ1) is 18.4. The number of nitrogens with zero attached hydrogens (tertiary/aromatic N) is 1. The normalized spacial score (nSPS) is 10.7. The lowest BCUT2D eigenvalue weighted by Crippen LogP contribution is -2.27. The van der Waals surface area contributed by atoms with Crippen molar-refractivity contribution in [3.8, 4) is 0 Å². The summed E-state index contributed by atoms with van der Waals surface area (Å²) in [4.78, 5) is 25.8. The maximum atomic E-state index is 12.0. The fourth-order valence-corrected chi connectivity index (χ4v) is 3.09. The van der Waals surface area contributed by atoms with Crippen LogP contribution in [-0.4, -0.2) is 28.9 Å².